The van der Waals surface area contributed by atoms with Crippen molar-refractivity contribution in [2.75, 3.05) is 19.6 Å². The van der Waals surface area contributed by atoms with Crippen LogP contribution in [-0.2, 0) is 6.54 Å². The predicted molar refractivity (Wildman–Crippen MR) is 80.1 cm³/mol. The molecule has 1 fully saturated rings. The highest BCUT2D eigenvalue weighted by molar-refractivity contribution is 7.09. The van der Waals surface area contributed by atoms with Gasteiger partial charge in [0.05, 0.1) is 0 Å². The maximum absolute atomic E-state index is 3.49. The lowest BCUT2D eigenvalue weighted by molar-refractivity contribution is 0.161. The third kappa shape index (κ3) is 4.38. The van der Waals surface area contributed by atoms with Gasteiger partial charge in [-0.3, -0.25) is 4.90 Å². The molecule has 0 aromatic carbocycles. The number of hydrogen-bond acceptors (Lipinski definition) is 3. The normalized spacial score (nSPS) is 16.4. The quantitative estimate of drug-likeness (QED) is 0.776. The Morgan fingerprint density at radius 2 is 2.22 bits per heavy atom. The Hall–Kier alpha value is -0.380. The molecule has 0 bridgehead atoms. The molecule has 2 nitrogen and oxygen atoms in total. The molecule has 2 rings (SSSR count). The maximum atomic E-state index is 3.49. The van der Waals surface area contributed by atoms with Crippen molar-refractivity contribution < 1.29 is 0 Å². The van der Waals surface area contributed by atoms with E-state index < -0.39 is 0 Å². The lowest BCUT2D eigenvalue weighted by atomic mass is 9.92. The van der Waals surface area contributed by atoms with Gasteiger partial charge in [-0.2, -0.15) is 0 Å². The zero-order valence-corrected chi connectivity index (χ0v) is 12.7. The second-order valence-corrected chi connectivity index (χ2v) is 7.19. The molecule has 0 unspecified atom stereocenters. The summed E-state index contributed by atoms with van der Waals surface area (Å²) in [5.74, 6) is 0. The summed E-state index contributed by atoms with van der Waals surface area (Å²) < 4.78 is 0. The third-order valence-corrected chi connectivity index (χ3v) is 4.35. The van der Waals surface area contributed by atoms with Crippen molar-refractivity contribution in [3.05, 3.63) is 22.4 Å². The minimum Gasteiger partial charge on any atom is -0.316 e. The van der Waals surface area contributed by atoms with Gasteiger partial charge in [0, 0.05) is 30.6 Å². The maximum Gasteiger partial charge on any atom is 0.0331 e. The minimum atomic E-state index is 0.357. The summed E-state index contributed by atoms with van der Waals surface area (Å²) in [6.07, 6.45) is 2.78. The molecule has 18 heavy (non-hydrogen) atoms. The van der Waals surface area contributed by atoms with E-state index in [0.29, 0.717) is 5.41 Å². The summed E-state index contributed by atoms with van der Waals surface area (Å²) in [4.78, 5) is 4.18. The SMILES string of the molecule is CCNCC(C)(C)CN(Cc1cccs1)C1CC1. The van der Waals surface area contributed by atoms with Crippen molar-refractivity contribution in [3.63, 3.8) is 0 Å². The van der Waals surface area contributed by atoms with Gasteiger partial charge in [-0.1, -0.05) is 26.8 Å². The molecule has 1 aliphatic rings. The molecule has 102 valence electrons. The fraction of sp³-hybridized carbons (Fsp3) is 0.733. The number of nitrogens with zero attached hydrogens (tertiary/aromatic N) is 1. The van der Waals surface area contributed by atoms with Crippen LogP contribution in [0.25, 0.3) is 0 Å². The van der Waals surface area contributed by atoms with Gasteiger partial charge in [0.25, 0.3) is 0 Å². The van der Waals surface area contributed by atoms with Gasteiger partial charge in [-0.25, -0.2) is 0 Å². The molecule has 1 aromatic heterocycles. The largest absolute Gasteiger partial charge is 0.316 e. The monoisotopic (exact) mass is 266 g/mol. The van der Waals surface area contributed by atoms with E-state index in [1.807, 2.05) is 11.3 Å². The van der Waals surface area contributed by atoms with Crippen LogP contribution >= 0.6 is 11.3 Å². The van der Waals surface area contributed by atoms with Crippen LogP contribution in [-0.4, -0.2) is 30.6 Å². The van der Waals surface area contributed by atoms with Gasteiger partial charge in [0.2, 0.25) is 0 Å². The van der Waals surface area contributed by atoms with E-state index in [4.69, 9.17) is 0 Å². The lowest BCUT2D eigenvalue weighted by Gasteiger charge is -2.33. The molecule has 1 heterocycles. The highest BCUT2D eigenvalue weighted by Crippen LogP contribution is 2.32. The van der Waals surface area contributed by atoms with Crippen molar-refractivity contribution in [2.24, 2.45) is 5.41 Å². The molecular weight excluding hydrogens is 240 g/mol. The van der Waals surface area contributed by atoms with Crippen LogP contribution in [0.1, 0.15) is 38.5 Å². The molecule has 1 aromatic rings. The molecule has 0 amide bonds. The van der Waals surface area contributed by atoms with Crippen molar-refractivity contribution in [3.8, 4) is 0 Å². The first-order valence-electron chi connectivity index (χ1n) is 7.08. The fourth-order valence-electron chi connectivity index (χ4n) is 2.43. The Labute approximate surface area is 115 Å². The van der Waals surface area contributed by atoms with Crippen LogP contribution in [0.3, 0.4) is 0 Å². The Bertz CT molecular complexity index is 341. The lowest BCUT2D eigenvalue weighted by Crippen LogP contribution is -2.41. The molecule has 1 saturated carbocycles. The summed E-state index contributed by atoms with van der Waals surface area (Å²) in [6.45, 7) is 11.4. The van der Waals surface area contributed by atoms with E-state index in [9.17, 15) is 0 Å². The average molecular weight is 266 g/mol. The van der Waals surface area contributed by atoms with Gasteiger partial charge in [-0.05, 0) is 36.2 Å². The molecule has 3 heteroatoms. The number of rotatable bonds is 8. The van der Waals surface area contributed by atoms with Gasteiger partial charge in [0.1, 0.15) is 0 Å². The Morgan fingerprint density at radius 3 is 2.78 bits per heavy atom. The van der Waals surface area contributed by atoms with Crippen LogP contribution in [0, 0.1) is 5.41 Å². The van der Waals surface area contributed by atoms with Crippen molar-refractivity contribution in [1.82, 2.24) is 10.2 Å². The van der Waals surface area contributed by atoms with Crippen molar-refractivity contribution in [2.45, 2.75) is 46.2 Å². The van der Waals surface area contributed by atoms with E-state index >= 15 is 0 Å². The van der Waals surface area contributed by atoms with Gasteiger partial charge in [-0.15, -0.1) is 11.3 Å². The van der Waals surface area contributed by atoms with E-state index in [2.05, 4.69) is 48.5 Å². The summed E-state index contributed by atoms with van der Waals surface area (Å²) in [7, 11) is 0. The number of thiophene rings is 1. The molecule has 0 atom stereocenters. The first kappa shape index (κ1) is 14.0. The first-order valence-corrected chi connectivity index (χ1v) is 7.96. The van der Waals surface area contributed by atoms with Crippen molar-refractivity contribution >= 4 is 11.3 Å². The minimum absolute atomic E-state index is 0.357. The third-order valence-electron chi connectivity index (χ3n) is 3.49. The highest BCUT2D eigenvalue weighted by atomic mass is 32.1. The van der Waals surface area contributed by atoms with E-state index in [1.54, 1.807) is 0 Å². The number of nitrogens with one attached hydrogen (secondary N) is 1. The molecule has 0 radical (unpaired) electrons. The van der Waals surface area contributed by atoms with E-state index in [1.165, 1.54) is 24.3 Å². The van der Waals surface area contributed by atoms with Gasteiger partial charge >= 0.3 is 0 Å². The standard InChI is InChI=1S/C15H26N2S/c1-4-16-11-15(2,3)12-17(13-7-8-13)10-14-6-5-9-18-14/h5-6,9,13,16H,4,7-8,10-12H2,1-3H3. The zero-order chi connectivity index (χ0) is 13.0. The number of hydrogen-bond donors (Lipinski definition) is 1. The fourth-order valence-corrected chi connectivity index (χ4v) is 3.15. The van der Waals surface area contributed by atoms with E-state index in [0.717, 1.165) is 25.7 Å². The van der Waals surface area contributed by atoms with Gasteiger partial charge < -0.3 is 5.32 Å². The zero-order valence-electron chi connectivity index (χ0n) is 11.9. The summed E-state index contributed by atoms with van der Waals surface area (Å²) in [6, 6.07) is 5.26. The first-order chi connectivity index (χ1) is 8.61. The molecule has 1 aliphatic carbocycles. The smallest absolute Gasteiger partial charge is 0.0331 e. The average Bonchev–Trinajstić information content (AvgIpc) is 3.05. The second kappa shape index (κ2) is 6.18. The van der Waals surface area contributed by atoms with Crippen LogP contribution < -0.4 is 5.32 Å². The highest BCUT2D eigenvalue weighted by Gasteiger charge is 2.32. The topological polar surface area (TPSA) is 15.3 Å². The van der Waals surface area contributed by atoms with Gasteiger partial charge in [0.15, 0.2) is 0 Å². The Kier molecular flexibility index (Phi) is 4.82. The molecular formula is C15H26N2S. The summed E-state index contributed by atoms with van der Waals surface area (Å²) in [5, 5.41) is 5.67. The molecule has 0 spiro atoms. The van der Waals surface area contributed by atoms with Crippen LogP contribution in [0.5, 0.6) is 0 Å². The predicted octanol–water partition coefficient (Wildman–Crippen LogP) is 3.35. The Balaban J connectivity index is 1.89. The van der Waals surface area contributed by atoms with Crippen LogP contribution in [0.4, 0.5) is 0 Å². The van der Waals surface area contributed by atoms with Crippen LogP contribution in [0.2, 0.25) is 0 Å². The Morgan fingerprint density at radius 1 is 1.44 bits per heavy atom. The van der Waals surface area contributed by atoms with E-state index in [-0.39, 0.29) is 0 Å². The molecule has 0 aliphatic heterocycles. The summed E-state index contributed by atoms with van der Waals surface area (Å²) in [5.41, 5.74) is 0.357. The molecule has 1 N–H and O–H groups in total. The summed E-state index contributed by atoms with van der Waals surface area (Å²) >= 11 is 1.88. The second-order valence-electron chi connectivity index (χ2n) is 6.16. The van der Waals surface area contributed by atoms with Crippen LogP contribution in [0.15, 0.2) is 17.5 Å². The van der Waals surface area contributed by atoms with Crippen molar-refractivity contribution in [1.29, 1.82) is 0 Å². The molecule has 0 saturated heterocycles.